The van der Waals surface area contributed by atoms with Gasteiger partial charge >= 0.3 is 0 Å². The molecule has 2 aromatic rings. The van der Waals surface area contributed by atoms with Gasteiger partial charge in [-0.05, 0) is 57.5 Å². The van der Waals surface area contributed by atoms with E-state index in [-0.39, 0.29) is 12.0 Å². The Morgan fingerprint density at radius 1 is 1.30 bits per heavy atom. The number of hydrogen-bond acceptors (Lipinski definition) is 7. The minimum Gasteiger partial charge on any atom is -0.485 e. The van der Waals surface area contributed by atoms with Crippen molar-refractivity contribution in [3.8, 4) is 17.6 Å². The minimum atomic E-state index is -0.832. The Morgan fingerprint density at radius 2 is 2.03 bits per heavy atom. The van der Waals surface area contributed by atoms with Crippen LogP contribution in [0.5, 0.6) is 11.5 Å². The van der Waals surface area contributed by atoms with Crippen molar-refractivity contribution in [3.63, 3.8) is 0 Å². The summed E-state index contributed by atoms with van der Waals surface area (Å²) in [5.41, 5.74) is 0.436. The molecule has 3 aliphatic rings. The van der Waals surface area contributed by atoms with Crippen LogP contribution in [0.4, 0.5) is 0 Å². The molecule has 8 nitrogen and oxygen atoms in total. The second-order valence-corrected chi connectivity index (χ2v) is 10.5. The van der Waals surface area contributed by atoms with E-state index in [1.54, 1.807) is 41.3 Å². The van der Waals surface area contributed by atoms with Gasteiger partial charge < -0.3 is 24.8 Å². The number of nitrogens with one attached hydrogen (secondary N) is 1. The SMILES string of the molecule is CC(Oc1c(Cl)cccc1Cl)C1=NCCN1.CC1(C)Oc2ccc(C#N)cc2[C@@H](N2CCCC2=O)[C@@H]1O. The van der Waals surface area contributed by atoms with Gasteiger partial charge in [0.1, 0.15) is 23.3 Å². The van der Waals surface area contributed by atoms with Gasteiger partial charge in [-0.1, -0.05) is 29.3 Å². The number of hydrogen-bond donors (Lipinski definition) is 2. The number of amides is 1. The van der Waals surface area contributed by atoms with E-state index in [1.807, 2.05) is 20.8 Å². The van der Waals surface area contributed by atoms with Crippen molar-refractivity contribution in [3.05, 3.63) is 57.6 Å². The van der Waals surface area contributed by atoms with Gasteiger partial charge in [0.15, 0.2) is 11.9 Å². The van der Waals surface area contributed by atoms with E-state index in [0.29, 0.717) is 40.1 Å². The molecular weight excluding hydrogens is 515 g/mol. The number of nitrogens with zero attached hydrogens (tertiary/aromatic N) is 3. The van der Waals surface area contributed by atoms with Crippen LogP contribution in [0.1, 0.15) is 50.8 Å². The predicted molar refractivity (Wildman–Crippen MR) is 142 cm³/mol. The molecule has 37 heavy (non-hydrogen) atoms. The van der Waals surface area contributed by atoms with Crippen LogP contribution in [-0.4, -0.2) is 59.2 Å². The fourth-order valence-corrected chi connectivity index (χ4v) is 5.14. The lowest BCUT2D eigenvalue weighted by atomic mass is 9.85. The third-order valence-corrected chi connectivity index (χ3v) is 7.18. The standard InChI is InChI=1S/C16H18N2O3.C11H12Cl2N2O/c1-16(2)15(20)14(18-7-3-4-13(18)19)11-8-10(9-17)5-6-12(11)21-16;1-7(11-14-5-6-15-11)16-10-8(12)3-2-4-9(10)13/h5-6,8,14-15,20H,3-4,7H2,1-2H3;2-4,7H,5-6H2,1H3,(H,14,15)/t14-,15+;/m1./s1. The Bertz CT molecular complexity index is 1220. The molecule has 3 atom stereocenters. The molecule has 10 heteroatoms. The highest BCUT2D eigenvalue weighted by Crippen LogP contribution is 2.44. The fourth-order valence-electron chi connectivity index (χ4n) is 4.65. The zero-order chi connectivity index (χ0) is 26.7. The molecule has 0 aromatic heterocycles. The second-order valence-electron chi connectivity index (χ2n) is 9.65. The van der Waals surface area contributed by atoms with Crippen LogP contribution in [0.25, 0.3) is 0 Å². The van der Waals surface area contributed by atoms with Crippen LogP contribution in [0, 0.1) is 11.3 Å². The smallest absolute Gasteiger partial charge is 0.223 e. The van der Waals surface area contributed by atoms with Gasteiger partial charge in [0, 0.05) is 25.1 Å². The first kappa shape index (κ1) is 27.1. The van der Waals surface area contributed by atoms with E-state index in [0.717, 1.165) is 30.9 Å². The van der Waals surface area contributed by atoms with Crippen LogP contribution >= 0.6 is 23.2 Å². The normalized spacial score (nSPS) is 22.5. The lowest BCUT2D eigenvalue weighted by molar-refractivity contribution is -0.139. The summed E-state index contributed by atoms with van der Waals surface area (Å²) in [6.07, 6.45) is 0.315. The van der Waals surface area contributed by atoms with Gasteiger partial charge in [0.2, 0.25) is 5.91 Å². The number of amidine groups is 1. The van der Waals surface area contributed by atoms with Crippen molar-refractivity contribution < 1.29 is 19.4 Å². The summed E-state index contributed by atoms with van der Waals surface area (Å²) < 4.78 is 11.6. The Morgan fingerprint density at radius 3 is 2.62 bits per heavy atom. The quantitative estimate of drug-likeness (QED) is 0.586. The predicted octanol–water partition coefficient (Wildman–Crippen LogP) is 4.52. The molecule has 5 rings (SSSR count). The van der Waals surface area contributed by atoms with Crippen LogP contribution in [0.15, 0.2) is 41.4 Å². The number of aliphatic hydroxyl groups excluding tert-OH is 1. The fraction of sp³-hybridized carbons (Fsp3) is 0.444. The number of fused-ring (bicyclic) bond motifs is 1. The number of benzene rings is 2. The number of carbonyl (C=O) groups excluding carboxylic acids is 1. The summed E-state index contributed by atoms with van der Waals surface area (Å²) >= 11 is 12.0. The molecule has 2 N–H and O–H groups in total. The lowest BCUT2D eigenvalue weighted by Crippen LogP contribution is -2.53. The van der Waals surface area contributed by atoms with Crippen molar-refractivity contribution in [1.82, 2.24) is 10.2 Å². The zero-order valence-electron chi connectivity index (χ0n) is 21.0. The molecule has 3 heterocycles. The number of rotatable bonds is 4. The molecule has 0 radical (unpaired) electrons. The van der Waals surface area contributed by atoms with Crippen molar-refractivity contribution >= 4 is 34.9 Å². The van der Waals surface area contributed by atoms with Gasteiger partial charge in [-0.25, -0.2) is 0 Å². The first-order valence-electron chi connectivity index (χ1n) is 12.2. The van der Waals surface area contributed by atoms with Gasteiger partial charge in [-0.2, -0.15) is 5.26 Å². The molecule has 0 bridgehead atoms. The number of aliphatic hydroxyl groups is 1. The highest BCUT2D eigenvalue weighted by Gasteiger charge is 2.47. The largest absolute Gasteiger partial charge is 0.485 e. The first-order valence-corrected chi connectivity index (χ1v) is 13.0. The number of halogens is 2. The molecular formula is C27H30Cl2N4O4. The Hall–Kier alpha value is -2.99. The molecule has 1 amide bonds. The maximum Gasteiger partial charge on any atom is 0.223 e. The molecule has 1 fully saturated rings. The molecule has 0 spiro atoms. The van der Waals surface area contributed by atoms with E-state index >= 15 is 0 Å². The maximum atomic E-state index is 12.1. The Balaban J connectivity index is 0.000000180. The Labute approximate surface area is 226 Å². The zero-order valence-corrected chi connectivity index (χ0v) is 22.5. The number of nitriles is 1. The van der Waals surface area contributed by atoms with Gasteiger partial charge in [0.05, 0.1) is 34.3 Å². The van der Waals surface area contributed by atoms with Crippen LogP contribution in [-0.2, 0) is 4.79 Å². The number of carbonyl (C=O) groups is 1. The summed E-state index contributed by atoms with van der Waals surface area (Å²) in [6.45, 7) is 7.82. The van der Waals surface area contributed by atoms with Crippen LogP contribution < -0.4 is 14.8 Å². The molecule has 3 aliphatic heterocycles. The van der Waals surface area contributed by atoms with Crippen molar-refractivity contribution in [2.75, 3.05) is 19.6 Å². The molecule has 2 aromatic carbocycles. The van der Waals surface area contributed by atoms with E-state index in [2.05, 4.69) is 16.4 Å². The van der Waals surface area contributed by atoms with E-state index < -0.39 is 17.7 Å². The summed E-state index contributed by atoms with van der Waals surface area (Å²) in [7, 11) is 0. The molecule has 0 aliphatic carbocycles. The van der Waals surface area contributed by atoms with Gasteiger partial charge in [-0.3, -0.25) is 9.79 Å². The van der Waals surface area contributed by atoms with Crippen molar-refractivity contribution in [1.29, 1.82) is 5.26 Å². The first-order chi connectivity index (χ1) is 17.6. The summed E-state index contributed by atoms with van der Waals surface area (Å²) in [5, 5.41) is 23.9. The number of aliphatic imine (C=N–C) groups is 1. The van der Waals surface area contributed by atoms with Crippen molar-refractivity contribution in [2.24, 2.45) is 4.99 Å². The van der Waals surface area contributed by atoms with E-state index in [9.17, 15) is 9.90 Å². The number of para-hydroxylation sites is 1. The summed E-state index contributed by atoms with van der Waals surface area (Å²) in [6, 6.07) is 12.1. The van der Waals surface area contributed by atoms with E-state index in [4.69, 9.17) is 37.9 Å². The van der Waals surface area contributed by atoms with Crippen LogP contribution in [0.2, 0.25) is 10.0 Å². The van der Waals surface area contributed by atoms with E-state index in [1.165, 1.54) is 0 Å². The molecule has 196 valence electrons. The monoisotopic (exact) mass is 544 g/mol. The molecule has 1 unspecified atom stereocenters. The molecule has 0 saturated carbocycles. The third kappa shape index (κ3) is 5.80. The lowest BCUT2D eigenvalue weighted by Gasteiger charge is -2.45. The van der Waals surface area contributed by atoms with Crippen LogP contribution in [0.3, 0.4) is 0 Å². The topological polar surface area (TPSA) is 107 Å². The van der Waals surface area contributed by atoms with Gasteiger partial charge in [-0.15, -0.1) is 0 Å². The molecule has 1 saturated heterocycles. The highest BCUT2D eigenvalue weighted by molar-refractivity contribution is 6.37. The summed E-state index contributed by atoms with van der Waals surface area (Å²) in [4.78, 5) is 18.1. The Kier molecular flexibility index (Phi) is 8.17. The highest BCUT2D eigenvalue weighted by atomic mass is 35.5. The summed E-state index contributed by atoms with van der Waals surface area (Å²) in [5.74, 6) is 2.03. The minimum absolute atomic E-state index is 0.0464. The average Bonchev–Trinajstić information content (AvgIpc) is 3.55. The average molecular weight is 545 g/mol. The number of likely N-dealkylation sites (tertiary alicyclic amines) is 1. The third-order valence-electron chi connectivity index (χ3n) is 6.59. The van der Waals surface area contributed by atoms with Gasteiger partial charge in [0.25, 0.3) is 0 Å². The maximum absolute atomic E-state index is 12.1. The van der Waals surface area contributed by atoms with Crippen molar-refractivity contribution in [2.45, 2.75) is 57.5 Å². The second kappa shape index (κ2) is 11.2. The number of ether oxygens (including phenoxy) is 2.